The van der Waals surface area contributed by atoms with Gasteiger partial charge in [0.25, 0.3) is 10.0 Å². The van der Waals surface area contributed by atoms with E-state index in [4.69, 9.17) is 0 Å². The number of nitrogens with zero attached hydrogens (tertiary/aromatic N) is 3. The number of nitrogens with one attached hydrogen (secondary N) is 1. The van der Waals surface area contributed by atoms with E-state index in [1.165, 1.54) is 13.3 Å². The molecule has 0 bridgehead atoms. The number of halogens is 1. The van der Waals surface area contributed by atoms with E-state index in [1.807, 2.05) is 0 Å². The maximum Gasteiger partial charge on any atom is 0.260 e. The molecule has 1 rings (SSSR count). The van der Waals surface area contributed by atoms with Crippen molar-refractivity contribution in [2.24, 2.45) is 7.05 Å². The fourth-order valence-corrected chi connectivity index (χ4v) is 3.64. The van der Waals surface area contributed by atoms with Crippen LogP contribution in [-0.2, 0) is 27.9 Å². The van der Waals surface area contributed by atoms with Crippen LogP contribution in [0.3, 0.4) is 0 Å². The molecule has 1 aromatic rings. The summed E-state index contributed by atoms with van der Waals surface area (Å²) < 4.78 is 38.0. The maximum atomic E-state index is 11.8. The largest absolute Gasteiger partial charge is 0.260 e. The van der Waals surface area contributed by atoms with Gasteiger partial charge in [0, 0.05) is 36.4 Å². The summed E-state index contributed by atoms with van der Waals surface area (Å²) in [4.78, 5) is 0. The Hall–Kier alpha value is -0.320. The number of sulfonamides is 1. The molecular formula is C6H11BrN4O3S2. The monoisotopic (exact) mass is 330 g/mol. The van der Waals surface area contributed by atoms with Gasteiger partial charge in [-0.05, 0) is 15.9 Å². The second-order valence-electron chi connectivity index (χ2n) is 2.98. The molecule has 1 atom stereocenters. The molecule has 1 aromatic heterocycles. The summed E-state index contributed by atoms with van der Waals surface area (Å²) in [6.07, 6.45) is 1.51. The zero-order valence-corrected chi connectivity index (χ0v) is 11.9. The van der Waals surface area contributed by atoms with Crippen LogP contribution >= 0.6 is 15.9 Å². The molecule has 0 aromatic carbocycles. The van der Waals surface area contributed by atoms with Crippen molar-refractivity contribution in [1.82, 2.24) is 19.7 Å². The molecule has 1 N–H and O–H groups in total. The second kappa shape index (κ2) is 5.34. The molecule has 16 heavy (non-hydrogen) atoms. The lowest BCUT2D eigenvalue weighted by atomic mass is 10.8. The zero-order chi connectivity index (χ0) is 12.3. The smallest absolute Gasteiger partial charge is 0.260 e. The first-order valence-electron chi connectivity index (χ1n) is 4.19. The van der Waals surface area contributed by atoms with Gasteiger partial charge in [0.15, 0.2) is 4.60 Å². The van der Waals surface area contributed by atoms with Gasteiger partial charge < -0.3 is 0 Å². The van der Waals surface area contributed by atoms with E-state index in [2.05, 4.69) is 31.0 Å². The number of rotatable bonds is 5. The summed E-state index contributed by atoms with van der Waals surface area (Å²) in [6, 6.07) is 0. The summed E-state index contributed by atoms with van der Waals surface area (Å²) in [6.45, 7) is 0.114. The molecule has 0 aliphatic rings. The van der Waals surface area contributed by atoms with Crippen molar-refractivity contribution in [3.63, 3.8) is 0 Å². The minimum Gasteiger partial charge on any atom is -0.260 e. The molecule has 0 saturated carbocycles. The SMILES string of the molecule is Cn1nnc(Br)c1S(=O)(=O)NCCS(C)=O. The van der Waals surface area contributed by atoms with E-state index in [0.717, 1.165) is 4.68 Å². The molecule has 0 fully saturated rings. The predicted molar refractivity (Wildman–Crippen MR) is 62.8 cm³/mol. The molecule has 0 aliphatic carbocycles. The van der Waals surface area contributed by atoms with Gasteiger partial charge in [-0.15, -0.1) is 5.10 Å². The van der Waals surface area contributed by atoms with E-state index >= 15 is 0 Å². The Morgan fingerprint density at radius 1 is 1.56 bits per heavy atom. The summed E-state index contributed by atoms with van der Waals surface area (Å²) in [5.74, 6) is 0.266. The number of aromatic nitrogens is 3. The van der Waals surface area contributed by atoms with E-state index in [9.17, 15) is 12.6 Å². The third kappa shape index (κ3) is 3.34. The van der Waals surface area contributed by atoms with Gasteiger partial charge in [0.2, 0.25) is 5.03 Å². The van der Waals surface area contributed by atoms with Crippen LogP contribution in [0.5, 0.6) is 0 Å². The van der Waals surface area contributed by atoms with Gasteiger partial charge in [-0.25, -0.2) is 17.8 Å². The van der Waals surface area contributed by atoms with E-state index < -0.39 is 20.8 Å². The van der Waals surface area contributed by atoms with Crippen molar-refractivity contribution in [2.75, 3.05) is 18.6 Å². The van der Waals surface area contributed by atoms with E-state index in [-0.39, 0.29) is 21.9 Å². The standard InChI is InChI=1S/C6H11BrN4O3S2/c1-11-6(5(7)9-10-11)16(13,14)8-3-4-15(2)12/h8H,3-4H2,1-2H3. The Morgan fingerprint density at radius 2 is 2.19 bits per heavy atom. The molecule has 0 amide bonds. The maximum absolute atomic E-state index is 11.8. The highest BCUT2D eigenvalue weighted by Gasteiger charge is 2.23. The molecule has 10 heteroatoms. The van der Waals surface area contributed by atoms with Crippen LogP contribution in [0.25, 0.3) is 0 Å². The molecule has 92 valence electrons. The van der Waals surface area contributed by atoms with Crippen LogP contribution in [0, 0.1) is 0 Å². The fourth-order valence-electron chi connectivity index (χ4n) is 0.996. The van der Waals surface area contributed by atoms with Gasteiger partial charge in [-0.2, -0.15) is 0 Å². The van der Waals surface area contributed by atoms with Crippen LogP contribution in [0.4, 0.5) is 0 Å². The molecule has 1 unspecified atom stereocenters. The molecule has 0 aliphatic heterocycles. The van der Waals surface area contributed by atoms with E-state index in [0.29, 0.717) is 0 Å². The van der Waals surface area contributed by atoms with Crippen LogP contribution in [0.1, 0.15) is 0 Å². The second-order valence-corrected chi connectivity index (χ2v) is 6.97. The summed E-state index contributed by atoms with van der Waals surface area (Å²) in [5.41, 5.74) is 0. The highest BCUT2D eigenvalue weighted by molar-refractivity contribution is 9.10. The zero-order valence-electron chi connectivity index (χ0n) is 8.68. The molecule has 1 heterocycles. The lowest BCUT2D eigenvalue weighted by Crippen LogP contribution is -2.29. The molecule has 0 spiro atoms. The first-order chi connectivity index (χ1) is 7.34. The van der Waals surface area contributed by atoms with Crippen molar-refractivity contribution in [2.45, 2.75) is 5.03 Å². The quantitative estimate of drug-likeness (QED) is 0.765. The van der Waals surface area contributed by atoms with Crippen LogP contribution in [0.15, 0.2) is 9.63 Å². The van der Waals surface area contributed by atoms with Crippen molar-refractivity contribution in [3.8, 4) is 0 Å². The first-order valence-corrected chi connectivity index (χ1v) is 8.20. The summed E-state index contributed by atoms with van der Waals surface area (Å²) in [5, 5.41) is 7.10. The van der Waals surface area contributed by atoms with Gasteiger partial charge in [0.1, 0.15) is 0 Å². The van der Waals surface area contributed by atoms with Gasteiger partial charge >= 0.3 is 0 Å². The highest BCUT2D eigenvalue weighted by Crippen LogP contribution is 2.17. The molecule has 0 radical (unpaired) electrons. The average Bonchev–Trinajstić information content (AvgIpc) is 2.45. The summed E-state index contributed by atoms with van der Waals surface area (Å²) >= 11 is 3.00. The normalized spacial score (nSPS) is 13.9. The lowest BCUT2D eigenvalue weighted by Gasteiger charge is -2.05. The van der Waals surface area contributed by atoms with E-state index in [1.54, 1.807) is 0 Å². The highest BCUT2D eigenvalue weighted by atomic mass is 79.9. The van der Waals surface area contributed by atoms with Crippen molar-refractivity contribution in [1.29, 1.82) is 0 Å². The molecule has 0 saturated heterocycles. The Kier molecular flexibility index (Phi) is 4.59. The van der Waals surface area contributed by atoms with Gasteiger partial charge in [-0.3, -0.25) is 4.21 Å². The number of hydrogen-bond acceptors (Lipinski definition) is 5. The first kappa shape index (κ1) is 13.7. The van der Waals surface area contributed by atoms with Gasteiger partial charge in [-0.1, -0.05) is 5.21 Å². The van der Waals surface area contributed by atoms with Crippen molar-refractivity contribution < 1.29 is 12.6 Å². The minimum atomic E-state index is -3.67. The van der Waals surface area contributed by atoms with Crippen LogP contribution in [0.2, 0.25) is 0 Å². The Labute approximate surface area is 104 Å². The van der Waals surface area contributed by atoms with Crippen LogP contribution in [-0.4, -0.2) is 46.2 Å². The minimum absolute atomic E-state index is 0.0469. The topological polar surface area (TPSA) is 93.9 Å². The molecular weight excluding hydrogens is 320 g/mol. The van der Waals surface area contributed by atoms with Gasteiger partial charge in [0.05, 0.1) is 0 Å². The lowest BCUT2D eigenvalue weighted by molar-refractivity contribution is 0.562. The van der Waals surface area contributed by atoms with Crippen molar-refractivity contribution in [3.05, 3.63) is 4.60 Å². The Balaban J connectivity index is 2.83. The van der Waals surface area contributed by atoms with Crippen LogP contribution < -0.4 is 4.72 Å². The number of hydrogen-bond donors (Lipinski definition) is 1. The third-order valence-electron chi connectivity index (χ3n) is 1.67. The van der Waals surface area contributed by atoms with Crippen molar-refractivity contribution >= 4 is 36.8 Å². The summed E-state index contributed by atoms with van der Waals surface area (Å²) in [7, 11) is -3.23. The average molecular weight is 331 g/mol. The Bertz CT molecular complexity index is 478. The number of aryl methyl sites for hydroxylation is 1. The third-order valence-corrected chi connectivity index (χ3v) is 4.80. The molecule has 7 nitrogen and oxygen atoms in total. The Morgan fingerprint density at radius 3 is 2.62 bits per heavy atom. The fraction of sp³-hybridized carbons (Fsp3) is 0.667. The predicted octanol–water partition coefficient (Wildman–Crippen LogP) is -0.766.